The summed E-state index contributed by atoms with van der Waals surface area (Å²) < 4.78 is 0.983. The number of para-hydroxylation sites is 2. The first kappa shape index (κ1) is 13.2. The first-order valence-corrected chi connectivity index (χ1v) is 6.24. The lowest BCUT2D eigenvalue weighted by Gasteiger charge is -2.01. The average Bonchev–Trinajstić information content (AvgIpc) is 2.41. The van der Waals surface area contributed by atoms with Crippen molar-refractivity contribution in [3.05, 3.63) is 68.7 Å². The van der Waals surface area contributed by atoms with Crippen LogP contribution < -0.4 is 5.43 Å². The van der Waals surface area contributed by atoms with Gasteiger partial charge in [0.25, 0.3) is 5.69 Å². The second-order valence-corrected chi connectivity index (χ2v) is 4.61. The maximum absolute atomic E-state index is 10.8. The molecule has 0 aliphatic heterocycles. The third kappa shape index (κ3) is 3.62. The van der Waals surface area contributed by atoms with E-state index in [9.17, 15) is 10.1 Å². The van der Waals surface area contributed by atoms with Crippen LogP contribution in [0.1, 0.15) is 5.56 Å². The first-order chi connectivity index (χ1) is 9.16. The third-order valence-electron chi connectivity index (χ3n) is 2.37. The Balaban J connectivity index is 2.10. The minimum atomic E-state index is -0.447. The van der Waals surface area contributed by atoms with Gasteiger partial charge >= 0.3 is 0 Å². The number of nitro groups is 1. The number of hydrazone groups is 1. The minimum absolute atomic E-state index is 0.00421. The molecule has 0 bridgehead atoms. The Kier molecular flexibility index (Phi) is 4.25. The van der Waals surface area contributed by atoms with Gasteiger partial charge in [-0.05, 0) is 23.8 Å². The molecule has 2 aromatic carbocycles. The maximum Gasteiger partial charge on any atom is 0.294 e. The lowest BCUT2D eigenvalue weighted by Crippen LogP contribution is -1.96. The van der Waals surface area contributed by atoms with Crippen LogP contribution in [-0.4, -0.2) is 11.1 Å². The fraction of sp³-hybridized carbons (Fsp3) is 0. The Hall–Kier alpha value is -2.21. The summed E-state index contributed by atoms with van der Waals surface area (Å²) >= 11 is 3.34. The quantitative estimate of drug-likeness (QED) is 0.529. The molecule has 0 radical (unpaired) electrons. The molecule has 5 nitrogen and oxygen atoms in total. The zero-order chi connectivity index (χ0) is 13.7. The first-order valence-electron chi connectivity index (χ1n) is 5.45. The van der Waals surface area contributed by atoms with Crippen LogP contribution in [0.4, 0.5) is 11.4 Å². The molecule has 2 rings (SSSR count). The number of nitrogens with zero attached hydrogens (tertiary/aromatic N) is 2. The van der Waals surface area contributed by atoms with Gasteiger partial charge in [-0.1, -0.05) is 40.2 Å². The van der Waals surface area contributed by atoms with Gasteiger partial charge in [-0.2, -0.15) is 5.10 Å². The number of hydrogen-bond acceptors (Lipinski definition) is 4. The van der Waals surface area contributed by atoms with E-state index >= 15 is 0 Å². The van der Waals surface area contributed by atoms with E-state index in [1.807, 2.05) is 24.3 Å². The van der Waals surface area contributed by atoms with Gasteiger partial charge in [0.1, 0.15) is 5.69 Å². The molecule has 0 amide bonds. The molecule has 19 heavy (non-hydrogen) atoms. The van der Waals surface area contributed by atoms with Crippen molar-refractivity contribution >= 4 is 33.5 Å². The van der Waals surface area contributed by atoms with Gasteiger partial charge in [0, 0.05) is 10.5 Å². The van der Waals surface area contributed by atoms with Gasteiger partial charge in [0.15, 0.2) is 0 Å². The van der Waals surface area contributed by atoms with Crippen LogP contribution in [0.5, 0.6) is 0 Å². The average molecular weight is 320 g/mol. The van der Waals surface area contributed by atoms with Crippen LogP contribution in [-0.2, 0) is 0 Å². The number of hydrogen-bond donors (Lipinski definition) is 1. The number of nitro benzene ring substituents is 1. The van der Waals surface area contributed by atoms with Crippen molar-refractivity contribution in [2.75, 3.05) is 5.43 Å². The molecule has 0 heterocycles. The zero-order valence-corrected chi connectivity index (χ0v) is 11.4. The van der Waals surface area contributed by atoms with E-state index in [4.69, 9.17) is 0 Å². The zero-order valence-electron chi connectivity index (χ0n) is 9.79. The number of halogens is 1. The highest BCUT2D eigenvalue weighted by atomic mass is 79.9. The largest absolute Gasteiger partial charge is 0.294 e. The van der Waals surface area contributed by atoms with Gasteiger partial charge in [0.05, 0.1) is 11.1 Å². The molecular weight excluding hydrogens is 310 g/mol. The lowest BCUT2D eigenvalue weighted by molar-refractivity contribution is -0.384. The molecule has 0 unspecified atom stereocenters. The highest BCUT2D eigenvalue weighted by molar-refractivity contribution is 9.10. The molecule has 0 atom stereocenters. The summed E-state index contributed by atoms with van der Waals surface area (Å²) in [6.45, 7) is 0. The highest BCUT2D eigenvalue weighted by Crippen LogP contribution is 2.22. The SMILES string of the molecule is O=[N+]([O-])c1ccccc1NN=Cc1ccc(Br)cc1. The minimum Gasteiger partial charge on any atom is -0.272 e. The van der Waals surface area contributed by atoms with Gasteiger partial charge in [-0.15, -0.1) is 0 Å². The Morgan fingerprint density at radius 1 is 1.16 bits per heavy atom. The predicted molar refractivity (Wildman–Crippen MR) is 78.5 cm³/mol. The predicted octanol–water partition coefficient (Wildman–Crippen LogP) is 3.80. The molecule has 0 spiro atoms. The van der Waals surface area contributed by atoms with Crippen molar-refractivity contribution in [1.82, 2.24) is 0 Å². The van der Waals surface area contributed by atoms with Crippen molar-refractivity contribution in [2.45, 2.75) is 0 Å². The molecule has 0 fully saturated rings. The van der Waals surface area contributed by atoms with E-state index in [2.05, 4.69) is 26.5 Å². The van der Waals surface area contributed by atoms with Crippen molar-refractivity contribution in [2.24, 2.45) is 5.10 Å². The molecule has 6 heteroatoms. The molecule has 1 N–H and O–H groups in total. The standard InChI is InChI=1S/C13H10BrN3O2/c14-11-7-5-10(6-8-11)9-15-16-12-3-1-2-4-13(12)17(18)19/h1-9,16H. The monoisotopic (exact) mass is 319 g/mol. The summed E-state index contributed by atoms with van der Waals surface area (Å²) in [6.07, 6.45) is 1.60. The van der Waals surface area contributed by atoms with Gasteiger partial charge in [-0.25, -0.2) is 0 Å². The molecular formula is C13H10BrN3O2. The van der Waals surface area contributed by atoms with E-state index in [0.29, 0.717) is 5.69 Å². The van der Waals surface area contributed by atoms with Crippen LogP contribution >= 0.6 is 15.9 Å². The van der Waals surface area contributed by atoms with Crippen molar-refractivity contribution in [3.8, 4) is 0 Å². The van der Waals surface area contributed by atoms with Crippen LogP contribution in [0.3, 0.4) is 0 Å². The summed E-state index contributed by atoms with van der Waals surface area (Å²) in [5.74, 6) is 0. The molecule has 0 aliphatic carbocycles. The van der Waals surface area contributed by atoms with E-state index in [1.165, 1.54) is 6.07 Å². The third-order valence-corrected chi connectivity index (χ3v) is 2.90. The van der Waals surface area contributed by atoms with Crippen molar-refractivity contribution in [3.63, 3.8) is 0 Å². The molecule has 0 aliphatic rings. The summed E-state index contributed by atoms with van der Waals surface area (Å²) in [5.41, 5.74) is 3.93. The summed E-state index contributed by atoms with van der Waals surface area (Å²) in [4.78, 5) is 10.4. The Bertz CT molecular complexity index is 612. The molecule has 0 aromatic heterocycles. The summed E-state index contributed by atoms with van der Waals surface area (Å²) in [6, 6.07) is 13.9. The number of nitrogens with one attached hydrogen (secondary N) is 1. The van der Waals surface area contributed by atoms with Crippen molar-refractivity contribution < 1.29 is 4.92 Å². The van der Waals surface area contributed by atoms with E-state index in [-0.39, 0.29) is 5.69 Å². The fourth-order valence-corrected chi connectivity index (χ4v) is 1.72. The molecule has 0 saturated carbocycles. The van der Waals surface area contributed by atoms with Crippen LogP contribution in [0.2, 0.25) is 0 Å². The summed E-state index contributed by atoms with van der Waals surface area (Å²) in [7, 11) is 0. The molecule has 96 valence electrons. The Morgan fingerprint density at radius 2 is 1.84 bits per heavy atom. The second kappa shape index (κ2) is 6.10. The summed E-state index contributed by atoms with van der Waals surface area (Å²) in [5, 5.41) is 14.8. The number of benzene rings is 2. The van der Waals surface area contributed by atoms with E-state index in [0.717, 1.165) is 10.0 Å². The molecule has 2 aromatic rings. The topological polar surface area (TPSA) is 67.5 Å². The number of rotatable bonds is 4. The van der Waals surface area contributed by atoms with E-state index < -0.39 is 4.92 Å². The number of anilines is 1. The Morgan fingerprint density at radius 3 is 2.53 bits per heavy atom. The second-order valence-electron chi connectivity index (χ2n) is 3.70. The van der Waals surface area contributed by atoms with Crippen LogP contribution in [0.15, 0.2) is 58.1 Å². The van der Waals surface area contributed by atoms with Crippen LogP contribution in [0.25, 0.3) is 0 Å². The van der Waals surface area contributed by atoms with E-state index in [1.54, 1.807) is 24.4 Å². The Labute approximate surface area is 118 Å². The van der Waals surface area contributed by atoms with Crippen molar-refractivity contribution in [1.29, 1.82) is 0 Å². The smallest absolute Gasteiger partial charge is 0.272 e. The van der Waals surface area contributed by atoms with Gasteiger partial charge in [-0.3, -0.25) is 15.5 Å². The normalized spacial score (nSPS) is 10.6. The maximum atomic E-state index is 10.8. The fourth-order valence-electron chi connectivity index (χ4n) is 1.45. The van der Waals surface area contributed by atoms with Gasteiger partial charge < -0.3 is 0 Å². The van der Waals surface area contributed by atoms with Crippen LogP contribution in [0, 0.1) is 10.1 Å². The van der Waals surface area contributed by atoms with Gasteiger partial charge in [0.2, 0.25) is 0 Å². The lowest BCUT2D eigenvalue weighted by atomic mass is 10.2. The molecule has 0 saturated heterocycles. The highest BCUT2D eigenvalue weighted by Gasteiger charge is 2.10.